The van der Waals surface area contributed by atoms with E-state index in [1.165, 1.54) is 0 Å². The van der Waals surface area contributed by atoms with Crippen molar-refractivity contribution in [2.24, 2.45) is 7.05 Å². The monoisotopic (exact) mass is 296 g/mol. The van der Waals surface area contributed by atoms with Crippen LogP contribution in [0.15, 0.2) is 29.2 Å². The lowest BCUT2D eigenvalue weighted by Crippen LogP contribution is -1.97. The van der Waals surface area contributed by atoms with Crippen molar-refractivity contribution in [1.29, 1.82) is 0 Å². The number of nitrogens with zero attached hydrogens (tertiary/aromatic N) is 2. The number of carboxylic acids is 1. The molecule has 1 heterocycles. The molecule has 2 aromatic rings. The van der Waals surface area contributed by atoms with E-state index in [0.717, 1.165) is 16.3 Å². The molecule has 0 aliphatic carbocycles. The molecule has 0 bridgehead atoms. The Bertz CT molecular complexity index is 608. The fourth-order valence-corrected chi connectivity index (χ4v) is 2.95. The number of hydrogen-bond acceptors (Lipinski definition) is 3. The summed E-state index contributed by atoms with van der Waals surface area (Å²) in [5.74, 6) is -0.218. The van der Waals surface area contributed by atoms with Crippen molar-refractivity contribution in [1.82, 2.24) is 9.78 Å². The van der Waals surface area contributed by atoms with Crippen LogP contribution in [0.5, 0.6) is 0 Å². The van der Waals surface area contributed by atoms with E-state index in [2.05, 4.69) is 5.10 Å². The van der Waals surface area contributed by atoms with Gasteiger partial charge in [0.2, 0.25) is 0 Å². The Morgan fingerprint density at radius 3 is 2.53 bits per heavy atom. The Labute approximate surface area is 120 Å². The molecule has 0 aliphatic rings. The molecule has 1 aromatic heterocycles. The summed E-state index contributed by atoms with van der Waals surface area (Å²) in [4.78, 5) is 11.7. The van der Waals surface area contributed by atoms with Gasteiger partial charge >= 0.3 is 5.97 Å². The summed E-state index contributed by atoms with van der Waals surface area (Å²) in [7, 11) is 1.86. The molecule has 0 atom stereocenters. The van der Waals surface area contributed by atoms with Gasteiger partial charge in [-0.05, 0) is 31.2 Å². The van der Waals surface area contributed by atoms with Gasteiger partial charge in [-0.3, -0.25) is 4.68 Å². The summed E-state index contributed by atoms with van der Waals surface area (Å²) in [6.45, 7) is 1.87. The van der Waals surface area contributed by atoms with Crippen molar-refractivity contribution in [3.8, 4) is 0 Å². The van der Waals surface area contributed by atoms with Crippen LogP contribution in [0.25, 0.3) is 0 Å². The molecule has 0 saturated heterocycles. The summed E-state index contributed by atoms with van der Waals surface area (Å²) < 4.78 is 1.77. The highest BCUT2D eigenvalue weighted by atomic mass is 35.5. The van der Waals surface area contributed by atoms with Crippen molar-refractivity contribution in [3.63, 3.8) is 0 Å². The van der Waals surface area contributed by atoms with Crippen LogP contribution >= 0.6 is 23.4 Å². The number of aryl methyl sites for hydroxylation is 2. The molecule has 0 unspecified atom stereocenters. The van der Waals surface area contributed by atoms with Gasteiger partial charge in [-0.2, -0.15) is 5.10 Å². The normalized spacial score (nSPS) is 10.7. The number of aromatic carboxylic acids is 1. The van der Waals surface area contributed by atoms with E-state index < -0.39 is 5.97 Å². The van der Waals surface area contributed by atoms with Gasteiger partial charge in [0.1, 0.15) is 0 Å². The highest BCUT2D eigenvalue weighted by Crippen LogP contribution is 2.28. The molecular weight excluding hydrogens is 284 g/mol. The van der Waals surface area contributed by atoms with E-state index >= 15 is 0 Å². The number of benzene rings is 1. The Hall–Kier alpha value is -1.46. The number of carboxylic acid groups (broad SMARTS) is 1. The minimum absolute atomic E-state index is 0.291. The van der Waals surface area contributed by atoms with Gasteiger partial charge in [0.25, 0.3) is 0 Å². The van der Waals surface area contributed by atoms with Crippen LogP contribution in [0.3, 0.4) is 0 Å². The third-order valence-corrected chi connectivity index (χ3v) is 4.25. The predicted molar refractivity (Wildman–Crippen MR) is 75.9 cm³/mol. The average molecular weight is 297 g/mol. The quantitative estimate of drug-likeness (QED) is 0.879. The van der Waals surface area contributed by atoms with Crippen LogP contribution < -0.4 is 0 Å². The smallest absolute Gasteiger partial charge is 0.335 e. The number of hydrogen-bond donors (Lipinski definition) is 1. The molecular formula is C13H13ClN2O2S. The first-order valence-electron chi connectivity index (χ1n) is 5.63. The van der Waals surface area contributed by atoms with Gasteiger partial charge in [0.05, 0.1) is 22.0 Å². The second-order valence-corrected chi connectivity index (χ2v) is 5.51. The van der Waals surface area contributed by atoms with E-state index in [9.17, 15) is 4.79 Å². The number of halogens is 1. The highest BCUT2D eigenvalue weighted by molar-refractivity contribution is 7.98. The lowest BCUT2D eigenvalue weighted by molar-refractivity contribution is 0.0697. The first-order chi connectivity index (χ1) is 8.99. The molecule has 0 spiro atoms. The van der Waals surface area contributed by atoms with E-state index in [4.69, 9.17) is 16.7 Å². The van der Waals surface area contributed by atoms with Crippen molar-refractivity contribution in [3.05, 3.63) is 46.2 Å². The van der Waals surface area contributed by atoms with Crippen LogP contribution in [-0.2, 0) is 12.8 Å². The van der Waals surface area contributed by atoms with Crippen molar-refractivity contribution in [2.75, 3.05) is 0 Å². The summed E-state index contributed by atoms with van der Waals surface area (Å²) in [5, 5.41) is 13.8. The highest BCUT2D eigenvalue weighted by Gasteiger charge is 2.11. The number of thioether (sulfide) groups is 1. The van der Waals surface area contributed by atoms with Gasteiger partial charge < -0.3 is 5.11 Å². The molecule has 1 N–H and O–H groups in total. The zero-order chi connectivity index (χ0) is 14.0. The van der Waals surface area contributed by atoms with E-state index in [0.29, 0.717) is 16.3 Å². The number of rotatable bonds is 4. The fourth-order valence-electron chi connectivity index (χ4n) is 1.68. The molecule has 0 radical (unpaired) electrons. The molecule has 1 aromatic carbocycles. The Balaban J connectivity index is 2.08. The molecule has 6 heteroatoms. The lowest BCUT2D eigenvalue weighted by Gasteiger charge is -2.04. The summed E-state index contributed by atoms with van der Waals surface area (Å²) in [6.07, 6.45) is 0. The number of aromatic nitrogens is 2. The Kier molecular flexibility index (Phi) is 4.17. The Morgan fingerprint density at radius 1 is 1.42 bits per heavy atom. The van der Waals surface area contributed by atoms with Crippen molar-refractivity contribution in [2.45, 2.75) is 17.6 Å². The Morgan fingerprint density at radius 2 is 2.05 bits per heavy atom. The van der Waals surface area contributed by atoms with Gasteiger partial charge in [-0.25, -0.2) is 4.79 Å². The van der Waals surface area contributed by atoms with Gasteiger partial charge in [-0.1, -0.05) is 11.6 Å². The molecule has 100 valence electrons. The second-order valence-electron chi connectivity index (χ2n) is 4.09. The van der Waals surface area contributed by atoms with Crippen LogP contribution in [0.2, 0.25) is 5.02 Å². The van der Waals surface area contributed by atoms with E-state index in [-0.39, 0.29) is 0 Å². The standard InChI is InChI=1S/C13H13ClN2O2S/c1-8-12(14)11(16(2)15-8)7-19-10-5-3-9(4-6-10)13(17)18/h3-6H,7H2,1-2H3,(H,17,18). The van der Waals surface area contributed by atoms with Gasteiger partial charge in [0.15, 0.2) is 0 Å². The van der Waals surface area contributed by atoms with Crippen LogP contribution in [0.1, 0.15) is 21.7 Å². The first-order valence-corrected chi connectivity index (χ1v) is 6.99. The largest absolute Gasteiger partial charge is 0.478 e. The van der Waals surface area contributed by atoms with E-state index in [1.807, 2.05) is 14.0 Å². The molecule has 0 amide bonds. The minimum Gasteiger partial charge on any atom is -0.478 e. The number of carbonyl (C=O) groups is 1. The third kappa shape index (κ3) is 3.11. The topological polar surface area (TPSA) is 55.1 Å². The van der Waals surface area contributed by atoms with Gasteiger partial charge in [0, 0.05) is 17.7 Å². The minimum atomic E-state index is -0.915. The SMILES string of the molecule is Cc1nn(C)c(CSc2ccc(C(=O)O)cc2)c1Cl. The van der Waals surface area contributed by atoms with Crippen molar-refractivity contribution < 1.29 is 9.90 Å². The average Bonchev–Trinajstić information content (AvgIpc) is 2.62. The zero-order valence-electron chi connectivity index (χ0n) is 10.6. The molecule has 0 saturated carbocycles. The van der Waals surface area contributed by atoms with Crippen LogP contribution in [-0.4, -0.2) is 20.9 Å². The molecule has 2 rings (SSSR count). The lowest BCUT2D eigenvalue weighted by atomic mass is 10.2. The third-order valence-electron chi connectivity index (χ3n) is 2.74. The first kappa shape index (κ1) is 14.0. The maximum Gasteiger partial charge on any atom is 0.335 e. The maximum atomic E-state index is 10.7. The fraction of sp³-hybridized carbons (Fsp3) is 0.231. The van der Waals surface area contributed by atoms with Crippen LogP contribution in [0.4, 0.5) is 0 Å². The zero-order valence-corrected chi connectivity index (χ0v) is 12.1. The maximum absolute atomic E-state index is 10.7. The summed E-state index contributed by atoms with van der Waals surface area (Å²) in [5.41, 5.74) is 2.08. The summed E-state index contributed by atoms with van der Waals surface area (Å²) >= 11 is 7.77. The molecule has 19 heavy (non-hydrogen) atoms. The molecule has 0 fully saturated rings. The predicted octanol–water partition coefficient (Wildman–Crippen LogP) is 3.37. The molecule has 4 nitrogen and oxygen atoms in total. The van der Waals surface area contributed by atoms with E-state index in [1.54, 1.807) is 40.7 Å². The molecule has 0 aliphatic heterocycles. The van der Waals surface area contributed by atoms with Gasteiger partial charge in [-0.15, -0.1) is 11.8 Å². The van der Waals surface area contributed by atoms with Crippen molar-refractivity contribution >= 4 is 29.3 Å². The summed E-state index contributed by atoms with van der Waals surface area (Å²) in [6, 6.07) is 6.79. The second kappa shape index (κ2) is 5.67. The van der Waals surface area contributed by atoms with Crippen LogP contribution in [0, 0.1) is 6.92 Å².